The first-order valence-electron chi connectivity index (χ1n) is 7.51. The summed E-state index contributed by atoms with van der Waals surface area (Å²) in [7, 11) is 1.70. The van der Waals surface area contributed by atoms with Crippen LogP contribution in [0.4, 0.5) is 0 Å². The number of H-pyrrole nitrogens is 1. The molecule has 1 heterocycles. The second-order valence-electron chi connectivity index (χ2n) is 5.50. The molecule has 0 fully saturated rings. The van der Waals surface area contributed by atoms with Crippen LogP contribution in [0.5, 0.6) is 5.75 Å². The summed E-state index contributed by atoms with van der Waals surface area (Å²) in [5.74, 6) is 1.83. The van der Waals surface area contributed by atoms with Crippen LogP contribution in [0.2, 0.25) is 0 Å². The van der Waals surface area contributed by atoms with Crippen LogP contribution in [0.25, 0.3) is 0 Å². The van der Waals surface area contributed by atoms with Crippen LogP contribution in [0.1, 0.15) is 41.9 Å². The number of aromatic nitrogens is 2. The topological polar surface area (TPSA) is 37.9 Å². The number of rotatable bonds is 3. The van der Waals surface area contributed by atoms with Crippen molar-refractivity contribution in [1.82, 2.24) is 9.97 Å². The summed E-state index contributed by atoms with van der Waals surface area (Å²) < 4.78 is 6.19. The summed E-state index contributed by atoms with van der Waals surface area (Å²) in [5, 5.41) is 0. The van der Waals surface area contributed by atoms with Gasteiger partial charge < -0.3 is 9.72 Å². The Hall–Kier alpha value is -1.68. The van der Waals surface area contributed by atoms with Crippen molar-refractivity contribution >= 4 is 12.2 Å². The van der Waals surface area contributed by atoms with Crippen molar-refractivity contribution in [2.24, 2.45) is 0 Å². The fourth-order valence-corrected chi connectivity index (χ4v) is 3.30. The van der Waals surface area contributed by atoms with Crippen molar-refractivity contribution in [2.45, 2.75) is 38.5 Å². The smallest absolute Gasteiger partial charge is 0.133 e. The summed E-state index contributed by atoms with van der Waals surface area (Å²) in [6, 6.07) is 8.06. The van der Waals surface area contributed by atoms with Gasteiger partial charge >= 0.3 is 0 Å². The highest BCUT2D eigenvalue weighted by Gasteiger charge is 2.13. The number of ether oxygens (including phenoxy) is 1. The Kier molecular flexibility index (Phi) is 4.34. The minimum atomic E-state index is 0.723. The van der Waals surface area contributed by atoms with Gasteiger partial charge in [0.25, 0.3) is 0 Å². The fourth-order valence-electron chi connectivity index (χ4n) is 2.96. The first-order valence-corrected chi connectivity index (χ1v) is 7.91. The monoisotopic (exact) mass is 300 g/mol. The van der Waals surface area contributed by atoms with Crippen LogP contribution in [-0.2, 0) is 19.3 Å². The van der Waals surface area contributed by atoms with E-state index in [-0.39, 0.29) is 0 Å². The Bertz CT molecular complexity index is 693. The number of benzene rings is 1. The number of para-hydroxylation sites is 1. The third kappa shape index (κ3) is 3.16. The van der Waals surface area contributed by atoms with E-state index in [4.69, 9.17) is 17.0 Å². The quantitative estimate of drug-likeness (QED) is 0.687. The first kappa shape index (κ1) is 14.3. The Morgan fingerprint density at radius 2 is 2.00 bits per heavy atom. The largest absolute Gasteiger partial charge is 0.496 e. The van der Waals surface area contributed by atoms with E-state index >= 15 is 0 Å². The maximum absolute atomic E-state index is 5.50. The second-order valence-corrected chi connectivity index (χ2v) is 5.88. The van der Waals surface area contributed by atoms with Crippen molar-refractivity contribution < 1.29 is 4.74 Å². The van der Waals surface area contributed by atoms with E-state index < -0.39 is 0 Å². The molecule has 1 N–H and O–H groups in total. The van der Waals surface area contributed by atoms with E-state index in [1.165, 1.54) is 30.5 Å². The van der Waals surface area contributed by atoms with E-state index in [1.807, 2.05) is 18.2 Å². The molecule has 2 aromatic rings. The molecule has 1 aliphatic rings. The Labute approximate surface area is 130 Å². The Balaban J connectivity index is 1.95. The minimum Gasteiger partial charge on any atom is -0.496 e. The summed E-state index contributed by atoms with van der Waals surface area (Å²) in [6.45, 7) is 0. The van der Waals surface area contributed by atoms with Gasteiger partial charge in [-0.25, -0.2) is 4.98 Å². The van der Waals surface area contributed by atoms with Crippen molar-refractivity contribution in [2.75, 3.05) is 7.11 Å². The summed E-state index contributed by atoms with van der Waals surface area (Å²) >= 11 is 5.50. The van der Waals surface area contributed by atoms with Crippen molar-refractivity contribution in [3.8, 4) is 5.75 Å². The van der Waals surface area contributed by atoms with Gasteiger partial charge in [0.1, 0.15) is 16.2 Å². The molecular formula is C17H20N2OS. The third-order valence-electron chi connectivity index (χ3n) is 4.06. The molecule has 0 saturated heterocycles. The third-order valence-corrected chi connectivity index (χ3v) is 4.40. The number of aromatic amines is 1. The molecule has 0 spiro atoms. The zero-order chi connectivity index (χ0) is 14.7. The van der Waals surface area contributed by atoms with Crippen molar-refractivity contribution in [3.63, 3.8) is 0 Å². The highest BCUT2D eigenvalue weighted by molar-refractivity contribution is 7.71. The average molecular weight is 300 g/mol. The van der Waals surface area contributed by atoms with Gasteiger partial charge in [-0.3, -0.25) is 0 Å². The number of methoxy groups -OCH3 is 1. The molecule has 21 heavy (non-hydrogen) atoms. The average Bonchev–Trinajstić information content (AvgIpc) is 2.73. The number of hydrogen-bond donors (Lipinski definition) is 1. The van der Waals surface area contributed by atoms with Crippen LogP contribution in [0.3, 0.4) is 0 Å². The lowest BCUT2D eigenvalue weighted by atomic mass is 10.1. The number of fused-ring (bicyclic) bond motifs is 1. The molecule has 0 saturated carbocycles. The van der Waals surface area contributed by atoms with Crippen LogP contribution in [0.15, 0.2) is 24.3 Å². The summed E-state index contributed by atoms with van der Waals surface area (Å²) in [6.07, 6.45) is 6.60. The van der Waals surface area contributed by atoms with Crippen LogP contribution in [-0.4, -0.2) is 17.1 Å². The van der Waals surface area contributed by atoms with Crippen LogP contribution >= 0.6 is 12.2 Å². The van der Waals surface area contributed by atoms with Gasteiger partial charge in [-0.1, -0.05) is 36.8 Å². The highest BCUT2D eigenvalue weighted by Crippen LogP contribution is 2.23. The molecular weight excluding hydrogens is 280 g/mol. The van der Waals surface area contributed by atoms with Gasteiger partial charge in [-0.15, -0.1) is 0 Å². The van der Waals surface area contributed by atoms with Gasteiger partial charge in [0.2, 0.25) is 0 Å². The van der Waals surface area contributed by atoms with Gasteiger partial charge in [0, 0.05) is 23.2 Å². The maximum atomic E-state index is 5.50. The lowest BCUT2D eigenvalue weighted by Gasteiger charge is -2.11. The number of nitrogens with zero attached hydrogens (tertiary/aromatic N) is 1. The predicted octanol–water partition coefficient (Wildman–Crippen LogP) is 4.01. The van der Waals surface area contributed by atoms with E-state index in [0.29, 0.717) is 0 Å². The summed E-state index contributed by atoms with van der Waals surface area (Å²) in [5.41, 5.74) is 3.68. The number of nitrogens with one attached hydrogen (secondary N) is 1. The molecule has 4 heteroatoms. The molecule has 0 amide bonds. The molecule has 3 rings (SSSR count). The lowest BCUT2D eigenvalue weighted by molar-refractivity contribution is 0.410. The molecule has 3 nitrogen and oxygen atoms in total. The van der Waals surface area contributed by atoms with E-state index in [9.17, 15) is 0 Å². The second kappa shape index (κ2) is 6.39. The Morgan fingerprint density at radius 1 is 1.19 bits per heavy atom. The zero-order valence-corrected chi connectivity index (χ0v) is 13.1. The molecule has 110 valence electrons. The Morgan fingerprint density at radius 3 is 2.86 bits per heavy atom. The molecule has 0 bridgehead atoms. The SMILES string of the molecule is COc1ccccc1Cc1nc(=S)c2c([nH]1)CCCCC2. The standard InChI is InChI=1S/C17H20N2OS/c1-20-15-10-6-5-7-12(15)11-16-18-14-9-4-2-3-8-13(14)17(21)19-16/h5-7,10H,2-4,8-9,11H2,1H3,(H,18,19,21). The van der Waals surface area contributed by atoms with Gasteiger partial charge in [-0.05, 0) is 31.7 Å². The van der Waals surface area contributed by atoms with E-state index in [1.54, 1.807) is 7.11 Å². The summed E-state index contributed by atoms with van der Waals surface area (Å²) in [4.78, 5) is 8.11. The van der Waals surface area contributed by atoms with Gasteiger partial charge in [-0.2, -0.15) is 0 Å². The molecule has 0 radical (unpaired) electrons. The zero-order valence-electron chi connectivity index (χ0n) is 12.3. The van der Waals surface area contributed by atoms with E-state index in [0.717, 1.165) is 41.0 Å². The van der Waals surface area contributed by atoms with Crippen LogP contribution in [0, 0.1) is 4.64 Å². The molecule has 1 aromatic heterocycles. The lowest BCUT2D eigenvalue weighted by Crippen LogP contribution is -2.06. The number of hydrogen-bond acceptors (Lipinski definition) is 3. The van der Waals surface area contributed by atoms with Crippen LogP contribution < -0.4 is 4.74 Å². The van der Waals surface area contributed by atoms with Gasteiger partial charge in [0.15, 0.2) is 0 Å². The fraction of sp³-hybridized carbons (Fsp3) is 0.412. The van der Waals surface area contributed by atoms with Crippen molar-refractivity contribution in [3.05, 3.63) is 51.6 Å². The maximum Gasteiger partial charge on any atom is 0.133 e. The van der Waals surface area contributed by atoms with Crippen molar-refractivity contribution in [1.29, 1.82) is 0 Å². The highest BCUT2D eigenvalue weighted by atomic mass is 32.1. The molecule has 1 aliphatic carbocycles. The normalized spacial score (nSPS) is 14.3. The molecule has 0 atom stereocenters. The van der Waals surface area contributed by atoms with E-state index in [2.05, 4.69) is 16.0 Å². The molecule has 0 unspecified atom stereocenters. The van der Waals surface area contributed by atoms with Gasteiger partial charge in [0.05, 0.1) is 7.11 Å². The first-order chi connectivity index (χ1) is 10.3. The number of aryl methyl sites for hydroxylation is 1. The predicted molar refractivity (Wildman–Crippen MR) is 86.5 cm³/mol. The molecule has 0 aliphatic heterocycles. The molecule has 1 aromatic carbocycles. The minimum absolute atomic E-state index is 0.723.